The number of fused-ring (bicyclic) bond motifs is 1. The molecule has 31 heavy (non-hydrogen) atoms. The second-order valence-electron chi connectivity index (χ2n) is 6.96. The Labute approximate surface area is 180 Å². The van der Waals surface area contributed by atoms with E-state index in [1.807, 2.05) is 6.07 Å². The highest BCUT2D eigenvalue weighted by Gasteiger charge is 2.41. The number of ketones is 1. The van der Waals surface area contributed by atoms with Crippen LogP contribution in [0.3, 0.4) is 0 Å². The first-order valence-corrected chi connectivity index (χ1v) is 11.0. The average Bonchev–Trinajstić information content (AvgIpc) is 2.78. The molecule has 0 unspecified atom stereocenters. The number of ether oxygens (including phenoxy) is 1. The van der Waals surface area contributed by atoms with Gasteiger partial charge in [-0.3, -0.25) is 13.9 Å². The van der Waals surface area contributed by atoms with Gasteiger partial charge in [-0.15, -0.1) is 0 Å². The van der Waals surface area contributed by atoms with Crippen LogP contribution in [0.2, 0.25) is 0 Å². The molecule has 156 valence electrons. The number of esters is 1. The van der Waals surface area contributed by atoms with Gasteiger partial charge in [-0.1, -0.05) is 72.8 Å². The van der Waals surface area contributed by atoms with Gasteiger partial charge >= 0.3 is 5.97 Å². The van der Waals surface area contributed by atoms with E-state index in [0.29, 0.717) is 5.56 Å². The van der Waals surface area contributed by atoms with Crippen LogP contribution in [-0.4, -0.2) is 24.5 Å². The first kappa shape index (κ1) is 20.6. The number of sulfonamides is 1. The molecule has 6 nitrogen and oxygen atoms in total. The van der Waals surface area contributed by atoms with Crippen molar-refractivity contribution >= 4 is 27.5 Å². The number of benzene rings is 3. The summed E-state index contributed by atoms with van der Waals surface area (Å²) in [4.78, 5) is 25.4. The van der Waals surface area contributed by atoms with Crippen LogP contribution in [0.4, 0.5) is 0 Å². The lowest BCUT2D eigenvalue weighted by Gasteiger charge is -2.32. The standard InChI is InChI=1S/C24H19NO5S/c1-17(26)30-24-20-14-8-9-15-21(20)31(28,29)25(16-18-10-4-2-5-11-18)22(24)23(27)19-12-6-3-7-13-19/h2-15H,16H2,1H3. The molecule has 7 heteroatoms. The minimum absolute atomic E-state index is 0.0215. The third kappa shape index (κ3) is 3.87. The monoisotopic (exact) mass is 433 g/mol. The lowest BCUT2D eigenvalue weighted by atomic mass is 10.0. The Bertz CT molecular complexity index is 1280. The Morgan fingerprint density at radius 1 is 0.839 bits per heavy atom. The molecule has 0 aromatic heterocycles. The molecule has 4 rings (SSSR count). The van der Waals surface area contributed by atoms with Crippen molar-refractivity contribution in [2.75, 3.05) is 0 Å². The highest BCUT2D eigenvalue weighted by Crippen LogP contribution is 2.39. The molecule has 3 aromatic carbocycles. The highest BCUT2D eigenvalue weighted by molar-refractivity contribution is 7.89. The second kappa shape index (κ2) is 8.20. The van der Waals surface area contributed by atoms with Crippen molar-refractivity contribution in [1.29, 1.82) is 0 Å². The molecule has 0 radical (unpaired) electrons. The number of carbonyl (C=O) groups is 2. The van der Waals surface area contributed by atoms with Crippen LogP contribution in [0.15, 0.2) is 95.5 Å². The molecule has 1 aliphatic heterocycles. The number of rotatable bonds is 5. The fourth-order valence-corrected chi connectivity index (χ4v) is 5.11. The SMILES string of the molecule is CC(=O)OC1=C(C(=O)c2ccccc2)N(Cc2ccccc2)S(=O)(=O)c2ccccc21. The van der Waals surface area contributed by atoms with E-state index < -0.39 is 21.8 Å². The van der Waals surface area contributed by atoms with E-state index in [9.17, 15) is 18.0 Å². The molecule has 0 aliphatic carbocycles. The molecule has 0 saturated carbocycles. The molecule has 3 aromatic rings. The molecule has 0 saturated heterocycles. The Morgan fingerprint density at radius 3 is 2.06 bits per heavy atom. The zero-order chi connectivity index (χ0) is 22.0. The van der Waals surface area contributed by atoms with Gasteiger partial charge in [-0.2, -0.15) is 0 Å². The van der Waals surface area contributed by atoms with Gasteiger partial charge in [-0.05, 0) is 17.7 Å². The van der Waals surface area contributed by atoms with E-state index in [1.165, 1.54) is 19.1 Å². The first-order chi connectivity index (χ1) is 14.9. The van der Waals surface area contributed by atoms with E-state index in [-0.39, 0.29) is 34.0 Å². The van der Waals surface area contributed by atoms with E-state index in [4.69, 9.17) is 4.74 Å². The topological polar surface area (TPSA) is 80.8 Å². The van der Waals surface area contributed by atoms with Crippen LogP contribution in [-0.2, 0) is 26.1 Å². The van der Waals surface area contributed by atoms with Crippen molar-refractivity contribution in [2.24, 2.45) is 0 Å². The maximum Gasteiger partial charge on any atom is 0.308 e. The third-order valence-corrected chi connectivity index (χ3v) is 6.63. The van der Waals surface area contributed by atoms with Gasteiger partial charge in [-0.25, -0.2) is 8.42 Å². The summed E-state index contributed by atoms with van der Waals surface area (Å²) < 4.78 is 33.6. The van der Waals surface area contributed by atoms with Crippen LogP contribution in [0, 0.1) is 0 Å². The summed E-state index contributed by atoms with van der Waals surface area (Å²) in [5.74, 6) is -1.27. The highest BCUT2D eigenvalue weighted by atomic mass is 32.2. The predicted molar refractivity (Wildman–Crippen MR) is 115 cm³/mol. The molecule has 0 amide bonds. The number of hydrogen-bond donors (Lipinski definition) is 0. The van der Waals surface area contributed by atoms with Crippen LogP contribution < -0.4 is 0 Å². The smallest absolute Gasteiger partial charge is 0.308 e. The average molecular weight is 433 g/mol. The van der Waals surface area contributed by atoms with Gasteiger partial charge in [0.25, 0.3) is 10.0 Å². The first-order valence-electron chi connectivity index (χ1n) is 9.58. The molecule has 1 heterocycles. The third-order valence-electron chi connectivity index (χ3n) is 4.83. The van der Waals surface area contributed by atoms with Gasteiger partial charge in [0.05, 0.1) is 11.4 Å². The number of allylic oxidation sites excluding steroid dienone is 1. The summed E-state index contributed by atoms with van der Waals surface area (Å²) in [6.07, 6.45) is 0. The quantitative estimate of drug-likeness (QED) is 0.449. The number of Topliss-reactive ketones (excluding diaryl/α,β-unsaturated/α-hetero) is 1. The molecule has 0 N–H and O–H groups in total. The lowest BCUT2D eigenvalue weighted by Crippen LogP contribution is -2.38. The molecule has 0 bridgehead atoms. The van der Waals surface area contributed by atoms with Crippen LogP contribution in [0.5, 0.6) is 0 Å². The summed E-state index contributed by atoms with van der Waals surface area (Å²) in [5.41, 5.74) is 0.964. The largest absolute Gasteiger partial charge is 0.424 e. The summed E-state index contributed by atoms with van der Waals surface area (Å²) in [6.45, 7) is 1.13. The van der Waals surface area contributed by atoms with Crippen LogP contribution in [0.1, 0.15) is 28.4 Å². The van der Waals surface area contributed by atoms with E-state index in [2.05, 4.69) is 0 Å². The normalized spacial score (nSPS) is 14.7. The number of carbonyl (C=O) groups excluding carboxylic acids is 2. The predicted octanol–water partition coefficient (Wildman–Crippen LogP) is 4.01. The molecule has 0 atom stereocenters. The zero-order valence-electron chi connectivity index (χ0n) is 16.7. The molecule has 0 spiro atoms. The number of hydrogen-bond acceptors (Lipinski definition) is 5. The van der Waals surface area contributed by atoms with Gasteiger partial charge < -0.3 is 4.74 Å². The maximum atomic E-state index is 13.6. The lowest BCUT2D eigenvalue weighted by molar-refractivity contribution is -0.134. The Kier molecular flexibility index (Phi) is 5.44. The molecular formula is C24H19NO5S. The summed E-state index contributed by atoms with van der Waals surface area (Å²) in [5, 5.41) is 0. The summed E-state index contributed by atoms with van der Waals surface area (Å²) >= 11 is 0. The number of nitrogens with zero attached hydrogens (tertiary/aromatic N) is 1. The summed E-state index contributed by atoms with van der Waals surface area (Å²) in [6, 6.07) is 23.4. The summed E-state index contributed by atoms with van der Waals surface area (Å²) in [7, 11) is -4.09. The van der Waals surface area contributed by atoms with Gasteiger partial charge in [0.15, 0.2) is 5.76 Å². The Morgan fingerprint density at radius 2 is 1.42 bits per heavy atom. The Hall–Kier alpha value is -3.71. The van der Waals surface area contributed by atoms with Gasteiger partial charge in [0.1, 0.15) is 5.70 Å². The van der Waals surface area contributed by atoms with Crippen LogP contribution in [0.25, 0.3) is 5.76 Å². The van der Waals surface area contributed by atoms with Crippen molar-refractivity contribution in [3.63, 3.8) is 0 Å². The minimum Gasteiger partial charge on any atom is -0.424 e. The molecule has 1 aliphatic rings. The second-order valence-corrected chi connectivity index (χ2v) is 8.79. The molecular weight excluding hydrogens is 414 g/mol. The maximum absolute atomic E-state index is 13.6. The Balaban J connectivity index is 2.00. The fourth-order valence-electron chi connectivity index (χ4n) is 3.46. The van der Waals surface area contributed by atoms with Crippen molar-refractivity contribution in [1.82, 2.24) is 4.31 Å². The fraction of sp³-hybridized carbons (Fsp3) is 0.0833. The van der Waals surface area contributed by atoms with Crippen LogP contribution >= 0.6 is 0 Å². The zero-order valence-corrected chi connectivity index (χ0v) is 17.5. The van der Waals surface area contributed by atoms with E-state index in [1.54, 1.807) is 66.7 Å². The van der Waals surface area contributed by atoms with Crippen molar-refractivity contribution in [3.8, 4) is 0 Å². The van der Waals surface area contributed by atoms with E-state index >= 15 is 0 Å². The van der Waals surface area contributed by atoms with Crippen molar-refractivity contribution in [3.05, 3.63) is 107 Å². The van der Waals surface area contributed by atoms with Crippen molar-refractivity contribution in [2.45, 2.75) is 18.4 Å². The van der Waals surface area contributed by atoms with Gasteiger partial charge in [0.2, 0.25) is 5.78 Å². The van der Waals surface area contributed by atoms with Crippen molar-refractivity contribution < 1.29 is 22.7 Å². The minimum atomic E-state index is -4.09. The van der Waals surface area contributed by atoms with E-state index in [0.717, 1.165) is 4.31 Å². The van der Waals surface area contributed by atoms with Gasteiger partial charge in [0, 0.05) is 18.1 Å². The molecule has 0 fully saturated rings.